The number of nitrogens with zero attached hydrogens (tertiary/aromatic N) is 3. The maximum atomic E-state index is 13.9. The number of guanidine groups is 2. The van der Waals surface area contributed by atoms with Crippen molar-refractivity contribution < 1.29 is 4.39 Å². The number of hydrogen-bond donors (Lipinski definition) is 2. The number of aliphatic imine (C=N–C) groups is 2. The SMILES string of the molecule is CC1(C)N=C(N)N=C(N)N1c1c(F)cccc1Cl. The van der Waals surface area contributed by atoms with Crippen LogP contribution in [0.2, 0.25) is 5.02 Å². The number of rotatable bonds is 1. The predicted molar refractivity (Wildman–Crippen MR) is 71.2 cm³/mol. The molecule has 1 aliphatic rings. The molecule has 0 bridgehead atoms. The standard InChI is InChI=1S/C11H13ClFN5/c1-11(2)17-9(14)16-10(15)18(11)8-6(12)4-3-5-7(8)13/h3-5H,1-2H3,(H4,14,15,16,17). The Hall–Kier alpha value is -1.82. The highest BCUT2D eigenvalue weighted by Crippen LogP contribution is 2.35. The Morgan fingerprint density at radius 3 is 2.56 bits per heavy atom. The average molecular weight is 270 g/mol. The molecule has 0 aliphatic carbocycles. The summed E-state index contributed by atoms with van der Waals surface area (Å²) in [6, 6.07) is 4.39. The van der Waals surface area contributed by atoms with E-state index in [1.54, 1.807) is 19.9 Å². The molecule has 0 spiro atoms. The third-order valence-corrected chi connectivity index (χ3v) is 2.86. The molecule has 0 saturated carbocycles. The quantitative estimate of drug-likeness (QED) is 0.814. The van der Waals surface area contributed by atoms with Gasteiger partial charge in [0, 0.05) is 0 Å². The van der Waals surface area contributed by atoms with Crippen molar-refractivity contribution in [2.24, 2.45) is 21.5 Å². The normalized spacial score (nSPS) is 18.3. The minimum Gasteiger partial charge on any atom is -0.369 e. The lowest BCUT2D eigenvalue weighted by Gasteiger charge is -2.38. The van der Waals surface area contributed by atoms with Crippen LogP contribution in [-0.2, 0) is 0 Å². The Morgan fingerprint density at radius 1 is 1.33 bits per heavy atom. The summed E-state index contributed by atoms with van der Waals surface area (Å²) in [4.78, 5) is 9.39. The van der Waals surface area contributed by atoms with E-state index in [0.717, 1.165) is 0 Å². The van der Waals surface area contributed by atoms with Gasteiger partial charge < -0.3 is 11.5 Å². The summed E-state index contributed by atoms with van der Waals surface area (Å²) in [6.45, 7) is 3.48. The predicted octanol–water partition coefficient (Wildman–Crippen LogP) is 1.66. The van der Waals surface area contributed by atoms with Crippen LogP contribution in [0.25, 0.3) is 0 Å². The lowest BCUT2D eigenvalue weighted by atomic mass is 10.1. The second-order valence-corrected chi connectivity index (χ2v) is 4.75. The Balaban J connectivity index is 2.61. The summed E-state index contributed by atoms with van der Waals surface area (Å²) < 4.78 is 13.9. The smallest absolute Gasteiger partial charge is 0.220 e. The van der Waals surface area contributed by atoms with Crippen molar-refractivity contribution in [1.29, 1.82) is 0 Å². The van der Waals surface area contributed by atoms with Crippen molar-refractivity contribution >= 4 is 29.2 Å². The van der Waals surface area contributed by atoms with Crippen molar-refractivity contribution in [2.75, 3.05) is 4.90 Å². The Labute approximate surface area is 109 Å². The Bertz CT molecular complexity index is 532. The van der Waals surface area contributed by atoms with E-state index in [1.165, 1.54) is 17.0 Å². The second-order valence-electron chi connectivity index (χ2n) is 4.34. The number of nitrogens with two attached hydrogens (primary N) is 2. The van der Waals surface area contributed by atoms with E-state index in [4.69, 9.17) is 23.1 Å². The molecule has 18 heavy (non-hydrogen) atoms. The van der Waals surface area contributed by atoms with E-state index in [1.807, 2.05) is 0 Å². The van der Waals surface area contributed by atoms with Crippen LogP contribution < -0.4 is 16.4 Å². The van der Waals surface area contributed by atoms with Crippen LogP contribution >= 0.6 is 11.6 Å². The van der Waals surface area contributed by atoms with Gasteiger partial charge in [0.25, 0.3) is 0 Å². The third-order valence-electron chi connectivity index (χ3n) is 2.55. The molecule has 1 heterocycles. The van der Waals surface area contributed by atoms with E-state index in [9.17, 15) is 4.39 Å². The topological polar surface area (TPSA) is 80.0 Å². The molecule has 4 N–H and O–H groups in total. The molecular weight excluding hydrogens is 257 g/mol. The minimum atomic E-state index is -0.859. The highest BCUT2D eigenvalue weighted by Gasteiger charge is 2.35. The lowest BCUT2D eigenvalue weighted by molar-refractivity contribution is 0.520. The van der Waals surface area contributed by atoms with Gasteiger partial charge in [0.1, 0.15) is 17.2 Å². The Kier molecular flexibility index (Phi) is 2.90. The zero-order valence-corrected chi connectivity index (χ0v) is 10.7. The van der Waals surface area contributed by atoms with Gasteiger partial charge in [0.15, 0.2) is 0 Å². The first-order chi connectivity index (χ1) is 8.33. The molecule has 0 amide bonds. The van der Waals surface area contributed by atoms with Crippen molar-refractivity contribution in [3.63, 3.8) is 0 Å². The second kappa shape index (κ2) is 4.13. The maximum Gasteiger partial charge on any atom is 0.220 e. The van der Waals surface area contributed by atoms with E-state index >= 15 is 0 Å². The van der Waals surface area contributed by atoms with Gasteiger partial charge >= 0.3 is 0 Å². The minimum absolute atomic E-state index is 0.0551. The molecule has 0 aromatic heterocycles. The molecule has 1 aromatic carbocycles. The van der Waals surface area contributed by atoms with Crippen molar-refractivity contribution in [2.45, 2.75) is 19.5 Å². The highest BCUT2D eigenvalue weighted by atomic mass is 35.5. The molecule has 0 fully saturated rings. The molecule has 96 valence electrons. The molecule has 0 radical (unpaired) electrons. The monoisotopic (exact) mass is 269 g/mol. The van der Waals surface area contributed by atoms with Gasteiger partial charge in [-0.3, -0.25) is 4.90 Å². The summed E-state index contributed by atoms with van der Waals surface area (Å²) in [5.41, 5.74) is 10.6. The van der Waals surface area contributed by atoms with E-state index in [2.05, 4.69) is 9.98 Å². The number of halogens is 2. The summed E-state index contributed by atoms with van der Waals surface area (Å²) in [7, 11) is 0. The number of para-hydroxylation sites is 1. The summed E-state index contributed by atoms with van der Waals surface area (Å²) in [6.07, 6.45) is 0. The lowest BCUT2D eigenvalue weighted by Crippen LogP contribution is -2.54. The van der Waals surface area contributed by atoms with Crippen LogP contribution in [0.1, 0.15) is 13.8 Å². The zero-order valence-electron chi connectivity index (χ0n) is 9.98. The van der Waals surface area contributed by atoms with E-state index in [0.29, 0.717) is 0 Å². The van der Waals surface area contributed by atoms with Crippen molar-refractivity contribution in [3.8, 4) is 0 Å². The van der Waals surface area contributed by atoms with Gasteiger partial charge in [-0.05, 0) is 26.0 Å². The summed E-state index contributed by atoms with van der Waals surface area (Å²) in [5.74, 6) is -0.384. The molecule has 0 atom stereocenters. The van der Waals surface area contributed by atoms with Gasteiger partial charge in [0.05, 0.1) is 5.02 Å². The van der Waals surface area contributed by atoms with E-state index < -0.39 is 11.5 Å². The van der Waals surface area contributed by atoms with Crippen LogP contribution in [0.3, 0.4) is 0 Å². The van der Waals surface area contributed by atoms with Crippen molar-refractivity contribution in [1.82, 2.24) is 0 Å². The molecule has 1 aromatic rings. The molecule has 2 rings (SSSR count). The van der Waals surface area contributed by atoms with Gasteiger partial charge in [-0.15, -0.1) is 0 Å². The number of anilines is 1. The summed E-state index contributed by atoms with van der Waals surface area (Å²) in [5, 5.41) is 0.233. The largest absolute Gasteiger partial charge is 0.369 e. The maximum absolute atomic E-state index is 13.9. The molecule has 5 nitrogen and oxygen atoms in total. The van der Waals surface area contributed by atoms with Crippen LogP contribution in [-0.4, -0.2) is 17.6 Å². The van der Waals surface area contributed by atoms with Crippen molar-refractivity contribution in [3.05, 3.63) is 29.0 Å². The van der Waals surface area contributed by atoms with Gasteiger partial charge in [-0.1, -0.05) is 17.7 Å². The van der Waals surface area contributed by atoms with Crippen LogP contribution in [0, 0.1) is 5.82 Å². The van der Waals surface area contributed by atoms with Gasteiger partial charge in [0.2, 0.25) is 11.9 Å². The van der Waals surface area contributed by atoms with Crippen LogP contribution in [0.4, 0.5) is 10.1 Å². The Morgan fingerprint density at radius 2 is 2.00 bits per heavy atom. The third kappa shape index (κ3) is 1.99. The first kappa shape index (κ1) is 12.6. The van der Waals surface area contributed by atoms with Gasteiger partial charge in [-0.25, -0.2) is 9.38 Å². The fourth-order valence-corrected chi connectivity index (χ4v) is 2.14. The van der Waals surface area contributed by atoms with E-state index in [-0.39, 0.29) is 22.6 Å². The molecule has 1 aliphatic heterocycles. The highest BCUT2D eigenvalue weighted by molar-refractivity contribution is 6.34. The summed E-state index contributed by atoms with van der Waals surface area (Å²) >= 11 is 6.02. The fraction of sp³-hybridized carbons (Fsp3) is 0.273. The fourth-order valence-electron chi connectivity index (χ4n) is 1.89. The molecule has 0 unspecified atom stereocenters. The molecule has 7 heteroatoms. The van der Waals surface area contributed by atoms with Crippen LogP contribution in [0.5, 0.6) is 0 Å². The molecular formula is C11H13ClFN5. The zero-order chi connectivity index (χ0) is 13.5. The van der Waals surface area contributed by atoms with Gasteiger partial charge in [-0.2, -0.15) is 4.99 Å². The van der Waals surface area contributed by atoms with Crippen LogP contribution in [0.15, 0.2) is 28.2 Å². The first-order valence-corrected chi connectivity index (χ1v) is 5.64. The average Bonchev–Trinajstić information content (AvgIpc) is 2.20. The molecule has 0 saturated heterocycles. The first-order valence-electron chi connectivity index (χ1n) is 5.26. The number of hydrogen-bond acceptors (Lipinski definition) is 5. The number of benzene rings is 1.